The highest BCUT2D eigenvalue weighted by Gasteiger charge is 2.46. The van der Waals surface area contributed by atoms with Crippen LogP contribution < -0.4 is 9.64 Å². The Labute approximate surface area is 211 Å². The highest BCUT2D eigenvalue weighted by Crippen LogP contribution is 2.40. The average Bonchev–Trinajstić information content (AvgIpc) is 3.15. The molecule has 1 amide bonds. The fourth-order valence-corrected chi connectivity index (χ4v) is 4.56. The number of hydrogen-bond donors (Lipinski definition) is 1. The van der Waals surface area contributed by atoms with Gasteiger partial charge in [-0.3, -0.25) is 14.6 Å². The smallest absolute Gasteiger partial charge is 0.295 e. The first-order chi connectivity index (χ1) is 17.5. The van der Waals surface area contributed by atoms with Crippen molar-refractivity contribution in [2.24, 2.45) is 0 Å². The van der Waals surface area contributed by atoms with Crippen LogP contribution in [0.1, 0.15) is 43.5 Å². The number of carbonyl (C=O) groups is 2. The van der Waals surface area contributed by atoms with E-state index in [-0.39, 0.29) is 17.9 Å². The number of rotatable bonds is 9. The number of ether oxygens (including phenoxy) is 1. The molecular formula is C29H31N3O4. The summed E-state index contributed by atoms with van der Waals surface area (Å²) in [6, 6.07) is 17.6. The van der Waals surface area contributed by atoms with Crippen LogP contribution in [-0.4, -0.2) is 46.4 Å². The Morgan fingerprint density at radius 3 is 2.17 bits per heavy atom. The van der Waals surface area contributed by atoms with Gasteiger partial charge in [-0.2, -0.15) is 0 Å². The molecule has 1 aliphatic rings. The van der Waals surface area contributed by atoms with Crippen LogP contribution in [0.2, 0.25) is 0 Å². The summed E-state index contributed by atoms with van der Waals surface area (Å²) in [5.74, 6) is -0.882. The van der Waals surface area contributed by atoms with Gasteiger partial charge in [0.05, 0.1) is 18.2 Å². The van der Waals surface area contributed by atoms with E-state index >= 15 is 0 Å². The number of anilines is 1. The first-order valence-electron chi connectivity index (χ1n) is 12.2. The molecular weight excluding hydrogens is 454 g/mol. The number of carbonyl (C=O) groups excluding carboxylic acids is 2. The predicted molar refractivity (Wildman–Crippen MR) is 140 cm³/mol. The van der Waals surface area contributed by atoms with Gasteiger partial charge in [-0.05, 0) is 80.4 Å². The van der Waals surface area contributed by atoms with Crippen molar-refractivity contribution in [3.8, 4) is 5.75 Å². The molecule has 2 aromatic carbocycles. The lowest BCUT2D eigenvalue weighted by atomic mass is 9.95. The van der Waals surface area contributed by atoms with E-state index < -0.39 is 17.7 Å². The monoisotopic (exact) mass is 485 g/mol. The van der Waals surface area contributed by atoms with E-state index in [1.54, 1.807) is 36.7 Å². The number of likely N-dealkylation sites (tertiary alicyclic amines) is 1. The van der Waals surface area contributed by atoms with Gasteiger partial charge in [0, 0.05) is 43.3 Å². The maximum absolute atomic E-state index is 13.3. The lowest BCUT2D eigenvalue weighted by Crippen LogP contribution is -2.29. The van der Waals surface area contributed by atoms with E-state index in [0.29, 0.717) is 17.9 Å². The minimum atomic E-state index is -0.726. The molecule has 36 heavy (non-hydrogen) atoms. The third kappa shape index (κ3) is 4.96. The first-order valence-corrected chi connectivity index (χ1v) is 12.2. The molecule has 0 bridgehead atoms. The molecule has 3 aromatic rings. The Hall–Kier alpha value is -4.13. The Bertz CT molecular complexity index is 1230. The average molecular weight is 486 g/mol. The third-order valence-electron chi connectivity index (χ3n) is 6.42. The molecule has 1 atom stereocenters. The lowest BCUT2D eigenvalue weighted by molar-refractivity contribution is -0.140. The highest BCUT2D eigenvalue weighted by atomic mass is 16.5. The molecule has 0 saturated carbocycles. The molecule has 1 unspecified atom stereocenters. The van der Waals surface area contributed by atoms with Gasteiger partial charge in [-0.25, -0.2) is 0 Å². The number of pyridine rings is 1. The summed E-state index contributed by atoms with van der Waals surface area (Å²) < 4.78 is 5.49. The SMILES string of the molecule is CCOc1ccc(/C(O)=C2/C(=O)C(=O)N(Cc3ccncc3)C2c2ccc(N(CC)CC)cc2)cc1. The van der Waals surface area contributed by atoms with E-state index in [2.05, 4.69) is 23.7 Å². The zero-order valence-electron chi connectivity index (χ0n) is 20.8. The van der Waals surface area contributed by atoms with Crippen molar-refractivity contribution in [1.82, 2.24) is 9.88 Å². The second kappa shape index (κ2) is 11.1. The summed E-state index contributed by atoms with van der Waals surface area (Å²) in [5, 5.41) is 11.3. The van der Waals surface area contributed by atoms with Gasteiger partial charge in [0.25, 0.3) is 11.7 Å². The molecule has 1 N–H and O–H groups in total. The normalized spacial score (nSPS) is 16.9. The molecule has 1 saturated heterocycles. The predicted octanol–water partition coefficient (Wildman–Crippen LogP) is 4.95. The zero-order valence-corrected chi connectivity index (χ0v) is 20.8. The number of aliphatic hydroxyl groups is 1. The van der Waals surface area contributed by atoms with E-state index in [0.717, 1.165) is 29.9 Å². The molecule has 186 valence electrons. The van der Waals surface area contributed by atoms with Gasteiger partial charge in [-0.15, -0.1) is 0 Å². The van der Waals surface area contributed by atoms with Crippen LogP contribution in [0.5, 0.6) is 5.75 Å². The first kappa shape index (κ1) is 25.0. The van der Waals surface area contributed by atoms with Crippen LogP contribution in [0.15, 0.2) is 78.6 Å². The van der Waals surface area contributed by atoms with Crippen LogP contribution in [-0.2, 0) is 16.1 Å². The lowest BCUT2D eigenvalue weighted by Gasteiger charge is -2.26. The molecule has 0 radical (unpaired) electrons. The van der Waals surface area contributed by atoms with E-state index in [1.165, 1.54) is 4.90 Å². The van der Waals surface area contributed by atoms with Gasteiger partial charge in [0.2, 0.25) is 0 Å². The van der Waals surface area contributed by atoms with Gasteiger partial charge in [0.15, 0.2) is 0 Å². The van der Waals surface area contributed by atoms with Gasteiger partial charge in [-0.1, -0.05) is 12.1 Å². The molecule has 1 fully saturated rings. The van der Waals surface area contributed by atoms with Crippen molar-refractivity contribution in [3.05, 3.63) is 95.3 Å². The summed E-state index contributed by atoms with van der Waals surface area (Å²) >= 11 is 0. The molecule has 1 aliphatic heterocycles. The summed E-state index contributed by atoms with van der Waals surface area (Å²) in [7, 11) is 0. The molecule has 2 heterocycles. The molecule has 7 nitrogen and oxygen atoms in total. The van der Waals surface area contributed by atoms with Crippen LogP contribution >= 0.6 is 0 Å². The molecule has 7 heteroatoms. The number of ketones is 1. The van der Waals surface area contributed by atoms with Crippen LogP contribution in [0.4, 0.5) is 5.69 Å². The fourth-order valence-electron chi connectivity index (χ4n) is 4.56. The highest BCUT2D eigenvalue weighted by molar-refractivity contribution is 6.46. The van der Waals surface area contributed by atoms with Gasteiger partial charge < -0.3 is 19.6 Å². The molecule has 4 rings (SSSR count). The van der Waals surface area contributed by atoms with E-state index in [9.17, 15) is 14.7 Å². The zero-order chi connectivity index (χ0) is 25.7. The van der Waals surface area contributed by atoms with Gasteiger partial charge >= 0.3 is 0 Å². The summed E-state index contributed by atoms with van der Waals surface area (Å²) in [6.45, 7) is 8.56. The standard InChI is InChI=1S/C29H31N3O4/c1-4-31(5-2)23-11-7-21(8-12-23)26-25(27(33)22-9-13-24(14-10-22)36-6-3)28(34)29(35)32(26)19-20-15-17-30-18-16-20/h7-18,26,33H,4-6,19H2,1-3H3/b27-25-. The van der Waals surface area contributed by atoms with Crippen LogP contribution in [0.3, 0.4) is 0 Å². The second-order valence-electron chi connectivity index (χ2n) is 8.50. The maximum atomic E-state index is 13.3. The Kier molecular flexibility index (Phi) is 7.68. The number of aliphatic hydroxyl groups excluding tert-OH is 1. The van der Waals surface area contributed by atoms with Crippen molar-refractivity contribution in [2.45, 2.75) is 33.4 Å². The van der Waals surface area contributed by atoms with Gasteiger partial charge in [0.1, 0.15) is 11.5 Å². The summed E-state index contributed by atoms with van der Waals surface area (Å²) in [6.07, 6.45) is 3.31. The van der Waals surface area contributed by atoms with Crippen molar-refractivity contribution in [1.29, 1.82) is 0 Å². The number of nitrogens with zero attached hydrogens (tertiary/aromatic N) is 3. The Balaban J connectivity index is 1.80. The largest absolute Gasteiger partial charge is 0.507 e. The minimum absolute atomic E-state index is 0.0776. The summed E-state index contributed by atoms with van der Waals surface area (Å²) in [4.78, 5) is 34.3. The van der Waals surface area contributed by atoms with Crippen molar-refractivity contribution < 1.29 is 19.4 Å². The van der Waals surface area contributed by atoms with Crippen molar-refractivity contribution >= 4 is 23.1 Å². The van der Waals surface area contributed by atoms with Crippen molar-refractivity contribution in [3.63, 3.8) is 0 Å². The van der Waals surface area contributed by atoms with Crippen LogP contribution in [0.25, 0.3) is 5.76 Å². The molecule has 0 spiro atoms. The number of aromatic nitrogens is 1. The number of Topliss-reactive ketones (excluding diaryl/α,β-unsaturated/α-hetero) is 1. The summed E-state index contributed by atoms with van der Waals surface area (Å²) in [5.41, 5.74) is 3.18. The topological polar surface area (TPSA) is 83.0 Å². The second-order valence-corrected chi connectivity index (χ2v) is 8.50. The van der Waals surface area contributed by atoms with Crippen molar-refractivity contribution in [2.75, 3.05) is 24.6 Å². The molecule has 0 aliphatic carbocycles. The molecule has 1 aromatic heterocycles. The minimum Gasteiger partial charge on any atom is -0.507 e. The fraction of sp³-hybridized carbons (Fsp3) is 0.276. The number of benzene rings is 2. The van der Waals surface area contributed by atoms with E-state index in [4.69, 9.17) is 4.74 Å². The third-order valence-corrected chi connectivity index (χ3v) is 6.42. The van der Waals surface area contributed by atoms with Crippen LogP contribution in [0, 0.1) is 0 Å². The Morgan fingerprint density at radius 1 is 0.944 bits per heavy atom. The Morgan fingerprint density at radius 2 is 1.58 bits per heavy atom. The number of hydrogen-bond acceptors (Lipinski definition) is 6. The quantitative estimate of drug-likeness (QED) is 0.262. The maximum Gasteiger partial charge on any atom is 0.295 e. The number of amides is 1. The van der Waals surface area contributed by atoms with E-state index in [1.807, 2.05) is 43.3 Å².